The van der Waals surface area contributed by atoms with Gasteiger partial charge in [-0.15, -0.1) is 11.3 Å². The van der Waals surface area contributed by atoms with E-state index in [4.69, 9.17) is 5.73 Å². The van der Waals surface area contributed by atoms with Crippen molar-refractivity contribution >= 4 is 48.7 Å². The molecule has 0 unspecified atom stereocenters. The second kappa shape index (κ2) is 5.15. The smallest absolute Gasteiger partial charge is 0.265 e. The summed E-state index contributed by atoms with van der Waals surface area (Å²) in [6.45, 7) is 1.79. The SMILES string of the molecule is Cc1sc(Br)cc1S(=O)(=O)N(C)c1cccc(N)c1. The summed E-state index contributed by atoms with van der Waals surface area (Å²) in [6, 6.07) is 8.42. The van der Waals surface area contributed by atoms with Crippen LogP contribution in [-0.4, -0.2) is 15.5 Å². The van der Waals surface area contributed by atoms with E-state index in [1.165, 1.54) is 22.7 Å². The van der Waals surface area contributed by atoms with E-state index in [1.54, 1.807) is 37.3 Å². The number of benzene rings is 1. The highest BCUT2D eigenvalue weighted by Crippen LogP contribution is 2.33. The highest BCUT2D eigenvalue weighted by molar-refractivity contribution is 9.11. The van der Waals surface area contributed by atoms with Gasteiger partial charge >= 0.3 is 0 Å². The molecule has 4 nitrogen and oxygen atoms in total. The third-order valence-corrected chi connectivity index (χ3v) is 6.31. The highest BCUT2D eigenvalue weighted by Gasteiger charge is 2.25. The van der Waals surface area contributed by atoms with Gasteiger partial charge in [-0.05, 0) is 47.1 Å². The highest BCUT2D eigenvalue weighted by atomic mass is 79.9. The Morgan fingerprint density at radius 3 is 2.53 bits per heavy atom. The minimum absolute atomic E-state index is 0.314. The van der Waals surface area contributed by atoms with Gasteiger partial charge in [0.15, 0.2) is 0 Å². The standard InChI is InChI=1S/C12H13BrN2O2S2/c1-8-11(7-12(13)18-8)19(16,17)15(2)10-5-3-4-9(14)6-10/h3-7H,14H2,1-2H3. The Hall–Kier alpha value is -1.05. The van der Waals surface area contributed by atoms with Crippen LogP contribution in [0.2, 0.25) is 0 Å². The Bertz CT molecular complexity index is 710. The van der Waals surface area contributed by atoms with Gasteiger partial charge in [0.25, 0.3) is 10.0 Å². The summed E-state index contributed by atoms with van der Waals surface area (Å²) < 4.78 is 27.1. The number of nitrogen functional groups attached to an aromatic ring is 1. The van der Waals surface area contributed by atoms with Crippen LogP contribution >= 0.6 is 27.3 Å². The fraction of sp³-hybridized carbons (Fsp3) is 0.167. The monoisotopic (exact) mass is 360 g/mol. The lowest BCUT2D eigenvalue weighted by Crippen LogP contribution is -2.26. The molecule has 0 aliphatic heterocycles. The Labute approximate surface area is 125 Å². The van der Waals surface area contributed by atoms with Crippen molar-refractivity contribution in [1.82, 2.24) is 0 Å². The average Bonchev–Trinajstić information content (AvgIpc) is 2.68. The van der Waals surface area contributed by atoms with Gasteiger partial charge in [0.1, 0.15) is 4.90 Å². The van der Waals surface area contributed by atoms with Crippen molar-refractivity contribution in [3.05, 3.63) is 39.0 Å². The number of aryl methyl sites for hydroxylation is 1. The molecule has 0 radical (unpaired) electrons. The molecular formula is C12H13BrN2O2S2. The maximum absolute atomic E-state index is 12.5. The van der Waals surface area contributed by atoms with Crippen LogP contribution in [-0.2, 0) is 10.0 Å². The molecule has 0 bridgehead atoms. The third kappa shape index (κ3) is 2.77. The molecule has 1 heterocycles. The molecule has 19 heavy (non-hydrogen) atoms. The maximum atomic E-state index is 12.5. The van der Waals surface area contributed by atoms with Crippen LogP contribution in [0.15, 0.2) is 39.0 Å². The van der Waals surface area contributed by atoms with Gasteiger partial charge in [0.05, 0.1) is 9.47 Å². The summed E-state index contributed by atoms with van der Waals surface area (Å²) in [4.78, 5) is 1.07. The summed E-state index contributed by atoms with van der Waals surface area (Å²) in [5, 5.41) is 0. The molecule has 1 aromatic heterocycles. The Morgan fingerprint density at radius 1 is 1.32 bits per heavy atom. The molecule has 7 heteroatoms. The van der Waals surface area contributed by atoms with E-state index in [2.05, 4.69) is 15.9 Å². The molecule has 0 spiro atoms. The summed E-state index contributed by atoms with van der Waals surface area (Å²) in [5.74, 6) is 0. The summed E-state index contributed by atoms with van der Waals surface area (Å²) in [6.07, 6.45) is 0. The van der Waals surface area contributed by atoms with Gasteiger partial charge in [-0.3, -0.25) is 4.31 Å². The van der Waals surface area contributed by atoms with E-state index in [-0.39, 0.29) is 0 Å². The first kappa shape index (κ1) is 14.4. The molecule has 1 aromatic carbocycles. The quantitative estimate of drug-likeness (QED) is 0.854. The number of sulfonamides is 1. The van der Waals surface area contributed by atoms with E-state index in [9.17, 15) is 8.42 Å². The predicted molar refractivity (Wildman–Crippen MR) is 83.2 cm³/mol. The molecular weight excluding hydrogens is 348 g/mol. The first-order valence-corrected chi connectivity index (χ1v) is 8.48. The molecule has 0 saturated carbocycles. The number of nitrogens with zero attached hydrogens (tertiary/aromatic N) is 1. The van der Waals surface area contributed by atoms with Gasteiger partial charge in [-0.25, -0.2) is 8.42 Å². The predicted octanol–water partition coefficient (Wildman–Crippen LogP) is 3.23. The molecule has 0 aliphatic carbocycles. The zero-order valence-corrected chi connectivity index (χ0v) is 13.6. The number of hydrogen-bond donors (Lipinski definition) is 1. The summed E-state index contributed by atoms with van der Waals surface area (Å²) in [7, 11) is -2.04. The summed E-state index contributed by atoms with van der Waals surface area (Å²) >= 11 is 4.71. The van der Waals surface area contributed by atoms with Crippen LogP contribution in [0.1, 0.15) is 4.88 Å². The van der Waals surface area contributed by atoms with Gasteiger partial charge in [0, 0.05) is 17.6 Å². The largest absolute Gasteiger partial charge is 0.399 e. The molecule has 0 fully saturated rings. The Balaban J connectivity index is 2.48. The van der Waals surface area contributed by atoms with E-state index >= 15 is 0 Å². The van der Waals surface area contributed by atoms with Crippen molar-refractivity contribution in [3.8, 4) is 0 Å². The maximum Gasteiger partial charge on any atom is 0.265 e. The van der Waals surface area contributed by atoms with Crippen molar-refractivity contribution in [2.24, 2.45) is 0 Å². The van der Waals surface area contributed by atoms with Gasteiger partial charge < -0.3 is 5.73 Å². The number of nitrogens with two attached hydrogens (primary N) is 1. The van der Waals surface area contributed by atoms with Crippen LogP contribution in [0.4, 0.5) is 11.4 Å². The fourth-order valence-electron chi connectivity index (χ4n) is 1.69. The molecule has 0 aliphatic rings. The normalized spacial score (nSPS) is 11.5. The van der Waals surface area contributed by atoms with Gasteiger partial charge in [-0.2, -0.15) is 0 Å². The van der Waals surface area contributed by atoms with Crippen LogP contribution in [0.25, 0.3) is 0 Å². The van der Waals surface area contributed by atoms with Crippen LogP contribution < -0.4 is 10.0 Å². The number of halogens is 1. The first-order chi connectivity index (χ1) is 8.82. The number of anilines is 2. The van der Waals surface area contributed by atoms with Crippen LogP contribution in [0, 0.1) is 6.92 Å². The number of thiophene rings is 1. The molecule has 0 atom stereocenters. The lowest BCUT2D eigenvalue weighted by molar-refractivity contribution is 0.594. The van der Waals surface area contributed by atoms with Gasteiger partial charge in [-0.1, -0.05) is 6.07 Å². The minimum Gasteiger partial charge on any atom is -0.399 e. The second-order valence-corrected chi connectivity index (χ2v) is 8.61. The fourth-order valence-corrected chi connectivity index (χ4v) is 5.26. The van der Waals surface area contributed by atoms with Crippen molar-refractivity contribution in [3.63, 3.8) is 0 Å². The van der Waals surface area contributed by atoms with Gasteiger partial charge in [0.2, 0.25) is 0 Å². The Morgan fingerprint density at radius 2 is 2.00 bits per heavy atom. The molecule has 2 aromatic rings. The van der Waals surface area contributed by atoms with E-state index in [1.807, 2.05) is 0 Å². The van der Waals surface area contributed by atoms with E-state index in [0.717, 1.165) is 8.66 Å². The minimum atomic E-state index is -3.56. The summed E-state index contributed by atoms with van der Waals surface area (Å²) in [5.41, 5.74) is 6.76. The zero-order chi connectivity index (χ0) is 14.2. The molecule has 0 saturated heterocycles. The molecule has 2 N–H and O–H groups in total. The zero-order valence-electron chi connectivity index (χ0n) is 10.4. The lowest BCUT2D eigenvalue weighted by atomic mass is 10.3. The number of hydrogen-bond acceptors (Lipinski definition) is 4. The van der Waals surface area contributed by atoms with Crippen molar-refractivity contribution < 1.29 is 8.42 Å². The van der Waals surface area contributed by atoms with Crippen molar-refractivity contribution in [1.29, 1.82) is 0 Å². The molecule has 2 rings (SSSR count). The molecule has 102 valence electrons. The topological polar surface area (TPSA) is 63.4 Å². The third-order valence-electron chi connectivity index (χ3n) is 2.71. The lowest BCUT2D eigenvalue weighted by Gasteiger charge is -2.19. The van der Waals surface area contributed by atoms with E-state index < -0.39 is 10.0 Å². The number of rotatable bonds is 3. The van der Waals surface area contributed by atoms with E-state index in [0.29, 0.717) is 16.3 Å². The van der Waals surface area contributed by atoms with Crippen LogP contribution in [0.5, 0.6) is 0 Å². The van der Waals surface area contributed by atoms with Crippen molar-refractivity contribution in [2.45, 2.75) is 11.8 Å². The van der Waals surface area contributed by atoms with Crippen LogP contribution in [0.3, 0.4) is 0 Å². The second-order valence-electron chi connectivity index (χ2n) is 4.04. The average molecular weight is 361 g/mol. The first-order valence-electron chi connectivity index (χ1n) is 5.43. The Kier molecular flexibility index (Phi) is 3.89. The molecule has 0 amide bonds. The van der Waals surface area contributed by atoms with Crippen molar-refractivity contribution in [2.75, 3.05) is 17.1 Å².